The van der Waals surface area contributed by atoms with Crippen molar-refractivity contribution in [3.8, 4) is 0 Å². The monoisotopic (exact) mass is 448 g/mol. The largest absolute Gasteiger partial charge is 0.373 e. The van der Waals surface area contributed by atoms with Crippen molar-refractivity contribution in [1.82, 2.24) is 29.9 Å². The third-order valence-corrected chi connectivity index (χ3v) is 5.07. The zero-order valence-corrected chi connectivity index (χ0v) is 17.3. The third-order valence-electron chi connectivity index (χ3n) is 4.26. The van der Waals surface area contributed by atoms with E-state index in [1.807, 2.05) is 0 Å². The number of aromatic amines is 1. The van der Waals surface area contributed by atoms with Crippen LogP contribution < -0.4 is 11.2 Å². The number of aryl methyl sites for hydroxylation is 1. The van der Waals surface area contributed by atoms with Crippen molar-refractivity contribution in [2.24, 2.45) is 5.90 Å². The second-order valence-corrected chi connectivity index (χ2v) is 7.50. The Morgan fingerprint density at radius 2 is 2.16 bits per heavy atom. The Labute approximate surface area is 179 Å². The number of hydrogen-bond donors (Lipinski definition) is 3. The number of unbranched alkanes of at least 4 members (excludes halogenated alkanes) is 2. The van der Waals surface area contributed by atoms with Gasteiger partial charge in [0.25, 0.3) is 5.91 Å². The normalized spacial score (nSPS) is 10.9. The van der Waals surface area contributed by atoms with Gasteiger partial charge in [-0.05, 0) is 42.5 Å². The summed E-state index contributed by atoms with van der Waals surface area (Å²) in [7, 11) is 0. The fraction of sp³-hybridized carbons (Fsp3) is 0.353. The third kappa shape index (κ3) is 5.55. The molecule has 0 unspecified atom stereocenters. The molecule has 3 aromatic rings. The van der Waals surface area contributed by atoms with Gasteiger partial charge in [0.1, 0.15) is 16.9 Å². The molecule has 0 saturated carbocycles. The molecule has 13 nitrogen and oxygen atoms in total. The summed E-state index contributed by atoms with van der Waals surface area (Å²) < 4.78 is 1.14. The van der Waals surface area contributed by atoms with Gasteiger partial charge in [0.2, 0.25) is 5.65 Å². The molecule has 0 aliphatic rings. The minimum absolute atomic E-state index is 0.242. The van der Waals surface area contributed by atoms with E-state index >= 15 is 0 Å². The molecule has 0 fully saturated rings. The number of carbonyl (C=O) groups is 2. The van der Waals surface area contributed by atoms with E-state index in [9.17, 15) is 19.7 Å². The summed E-state index contributed by atoms with van der Waals surface area (Å²) in [6, 6.07) is 3.27. The second kappa shape index (κ2) is 9.99. The van der Waals surface area contributed by atoms with E-state index in [2.05, 4.69) is 30.2 Å². The maximum Gasteiger partial charge on any atom is 0.368 e. The first kappa shape index (κ1) is 22.2. The minimum atomic E-state index is -0.565. The van der Waals surface area contributed by atoms with Crippen LogP contribution in [0.4, 0.5) is 5.82 Å². The summed E-state index contributed by atoms with van der Waals surface area (Å²) in [5.74, 6) is 3.74. The van der Waals surface area contributed by atoms with Crippen LogP contribution in [0.15, 0.2) is 28.5 Å². The van der Waals surface area contributed by atoms with Crippen molar-refractivity contribution < 1.29 is 19.3 Å². The molecule has 31 heavy (non-hydrogen) atoms. The fourth-order valence-corrected chi connectivity index (χ4v) is 3.54. The lowest BCUT2D eigenvalue weighted by Crippen LogP contribution is -2.25. The number of aromatic nitrogens is 5. The number of nitrogens with zero attached hydrogens (tertiary/aromatic N) is 5. The Hall–Kier alpha value is -3.52. The lowest BCUT2D eigenvalue weighted by atomic mass is 10.2. The molecule has 0 aliphatic carbocycles. The van der Waals surface area contributed by atoms with Crippen LogP contribution in [0.25, 0.3) is 5.65 Å². The highest BCUT2D eigenvalue weighted by Crippen LogP contribution is 2.25. The van der Waals surface area contributed by atoms with E-state index in [1.165, 1.54) is 0 Å². The van der Waals surface area contributed by atoms with E-state index in [-0.39, 0.29) is 23.8 Å². The lowest BCUT2D eigenvalue weighted by Gasteiger charge is -2.03. The van der Waals surface area contributed by atoms with Crippen molar-refractivity contribution in [1.29, 1.82) is 0 Å². The molecule has 0 atom stereocenters. The van der Waals surface area contributed by atoms with Gasteiger partial charge in [0, 0.05) is 24.7 Å². The number of H-pyrrole nitrogens is 1. The Bertz CT molecular complexity index is 1110. The van der Waals surface area contributed by atoms with E-state index in [1.54, 1.807) is 19.1 Å². The minimum Gasteiger partial charge on any atom is -0.373 e. The smallest absolute Gasteiger partial charge is 0.368 e. The highest BCUT2D eigenvalue weighted by atomic mass is 32.2. The molecule has 3 heterocycles. The molecular formula is C17H20N8O5S. The first-order chi connectivity index (χ1) is 14.9. The Kier molecular flexibility index (Phi) is 7.15. The molecule has 0 aliphatic heterocycles. The number of fused-ring (bicyclic) bond motifs is 1. The Morgan fingerprint density at radius 3 is 2.90 bits per heavy atom. The zero-order valence-electron chi connectivity index (χ0n) is 16.5. The maximum absolute atomic E-state index is 12.4. The van der Waals surface area contributed by atoms with Gasteiger partial charge in [-0.2, -0.15) is 5.90 Å². The summed E-state index contributed by atoms with van der Waals surface area (Å²) in [6.45, 7) is 2.16. The topological polar surface area (TPSA) is 183 Å². The fourth-order valence-electron chi connectivity index (χ4n) is 2.74. The predicted molar refractivity (Wildman–Crippen MR) is 108 cm³/mol. The summed E-state index contributed by atoms with van der Waals surface area (Å²) in [6.07, 6.45) is 3.44. The van der Waals surface area contributed by atoms with Gasteiger partial charge < -0.3 is 25.3 Å². The highest BCUT2D eigenvalue weighted by Gasteiger charge is 2.19. The standard InChI is InChI=1S/C17H20N8O5S/c1-10-15(16(27)19-8-4-2-3-5-14(26)30-18)22-17(21-10)31-12-7-6-11-20-9-13(25(28)29)24(11)23-12/h6-7,9H,2-5,8,18H2,1H3,(H,19,27)(H,21,22). The molecule has 14 heteroatoms. The molecule has 0 spiro atoms. The highest BCUT2D eigenvalue weighted by molar-refractivity contribution is 7.99. The Balaban J connectivity index is 1.57. The van der Waals surface area contributed by atoms with Crippen LogP contribution in [0.2, 0.25) is 0 Å². The molecule has 3 rings (SSSR count). The van der Waals surface area contributed by atoms with Crippen LogP contribution >= 0.6 is 11.8 Å². The second-order valence-electron chi connectivity index (χ2n) is 6.49. The number of nitrogens with two attached hydrogens (primary N) is 1. The Morgan fingerprint density at radius 1 is 1.35 bits per heavy atom. The first-order valence-corrected chi connectivity index (χ1v) is 10.1. The van der Waals surface area contributed by atoms with Gasteiger partial charge >= 0.3 is 11.8 Å². The maximum atomic E-state index is 12.4. The molecule has 0 aromatic carbocycles. The average Bonchev–Trinajstić information content (AvgIpc) is 3.33. The molecule has 0 bridgehead atoms. The lowest BCUT2D eigenvalue weighted by molar-refractivity contribution is -0.391. The van der Waals surface area contributed by atoms with E-state index in [0.717, 1.165) is 28.9 Å². The number of rotatable bonds is 10. The van der Waals surface area contributed by atoms with Gasteiger partial charge in [-0.25, -0.2) is 9.97 Å². The zero-order chi connectivity index (χ0) is 22.4. The van der Waals surface area contributed by atoms with Crippen molar-refractivity contribution >= 4 is 35.1 Å². The first-order valence-electron chi connectivity index (χ1n) is 9.30. The van der Waals surface area contributed by atoms with Crippen molar-refractivity contribution in [2.45, 2.75) is 42.8 Å². The number of hydrogen-bond acceptors (Lipinski definition) is 10. The van der Waals surface area contributed by atoms with E-state index in [4.69, 9.17) is 5.90 Å². The van der Waals surface area contributed by atoms with Crippen molar-refractivity contribution in [3.05, 3.63) is 39.8 Å². The van der Waals surface area contributed by atoms with Crippen LogP contribution in [0, 0.1) is 17.0 Å². The number of nitro groups is 1. The molecule has 1 amide bonds. The molecule has 0 radical (unpaired) electrons. The van der Waals surface area contributed by atoms with Crippen LogP contribution in [0.1, 0.15) is 41.9 Å². The number of nitrogens with one attached hydrogen (secondary N) is 2. The predicted octanol–water partition coefficient (Wildman–Crippen LogP) is 1.53. The molecular weight excluding hydrogens is 428 g/mol. The summed E-state index contributed by atoms with van der Waals surface area (Å²) in [4.78, 5) is 49.1. The molecule has 164 valence electrons. The SMILES string of the molecule is Cc1[nH]c(Sc2ccc3ncc([N+](=O)[O-])n3n2)nc1C(=O)NCCCCCC(=O)ON. The van der Waals surface area contributed by atoms with Crippen LogP contribution in [0.3, 0.4) is 0 Å². The molecule has 0 saturated heterocycles. The van der Waals surface area contributed by atoms with E-state index in [0.29, 0.717) is 40.9 Å². The average molecular weight is 448 g/mol. The van der Waals surface area contributed by atoms with Crippen molar-refractivity contribution in [3.63, 3.8) is 0 Å². The summed E-state index contributed by atoms with van der Waals surface area (Å²) in [5.41, 5.74) is 1.19. The van der Waals surface area contributed by atoms with Crippen molar-refractivity contribution in [2.75, 3.05) is 6.54 Å². The van der Waals surface area contributed by atoms with Crippen LogP contribution in [0.5, 0.6) is 0 Å². The van der Waals surface area contributed by atoms with Gasteiger partial charge in [-0.15, -0.1) is 0 Å². The van der Waals surface area contributed by atoms with E-state index < -0.39 is 10.9 Å². The van der Waals surface area contributed by atoms with Gasteiger partial charge in [-0.3, -0.25) is 9.59 Å². The van der Waals surface area contributed by atoms with Gasteiger partial charge in [0.05, 0.1) is 0 Å². The summed E-state index contributed by atoms with van der Waals surface area (Å²) >= 11 is 1.14. The van der Waals surface area contributed by atoms with Gasteiger partial charge in [-0.1, -0.05) is 16.0 Å². The molecule has 4 N–H and O–H groups in total. The van der Waals surface area contributed by atoms with Crippen LogP contribution in [-0.2, 0) is 9.63 Å². The summed E-state index contributed by atoms with van der Waals surface area (Å²) in [5, 5.41) is 18.9. The number of imidazole rings is 2. The van der Waals surface area contributed by atoms with Crippen LogP contribution in [-0.4, -0.2) is 47.9 Å². The number of amides is 1. The van der Waals surface area contributed by atoms with Gasteiger partial charge in [0.15, 0.2) is 5.16 Å². The number of carbonyl (C=O) groups excluding carboxylic acids is 2. The quantitative estimate of drug-likeness (QED) is 0.233. The molecule has 3 aromatic heterocycles.